The SMILES string of the molecule is C[C@H]1[C@@H](CN2CCN(c3ncccn3)CC2)O[C@@H](c2ccc(NC(=O)c3cccnc3)cc2)O[C@H]1c1ccc(CO)cc1. The molecule has 0 saturated carbocycles. The van der Waals surface area contributed by atoms with Gasteiger partial charge < -0.3 is 24.8 Å². The molecule has 2 aromatic carbocycles. The van der Waals surface area contributed by atoms with Crippen LogP contribution in [0.15, 0.2) is 91.5 Å². The highest BCUT2D eigenvalue weighted by atomic mass is 16.7. The lowest BCUT2D eigenvalue weighted by Crippen LogP contribution is -2.51. The number of hydrogen-bond donors (Lipinski definition) is 2. The Morgan fingerprint density at radius 3 is 2.30 bits per heavy atom. The Bertz CT molecular complexity index is 1470. The number of carbonyl (C=O) groups excluding carboxylic acids is 1. The zero-order valence-corrected chi connectivity index (χ0v) is 24.1. The molecule has 0 spiro atoms. The van der Waals surface area contributed by atoms with Gasteiger partial charge in [0.25, 0.3) is 5.91 Å². The van der Waals surface area contributed by atoms with E-state index in [0.29, 0.717) is 11.3 Å². The maximum absolute atomic E-state index is 12.6. The van der Waals surface area contributed by atoms with E-state index in [9.17, 15) is 9.90 Å². The van der Waals surface area contributed by atoms with E-state index in [1.165, 1.54) is 6.20 Å². The Kier molecular flexibility index (Phi) is 8.99. The number of carbonyl (C=O) groups is 1. The van der Waals surface area contributed by atoms with Gasteiger partial charge in [-0.2, -0.15) is 0 Å². The molecule has 2 aliphatic heterocycles. The number of amides is 1. The van der Waals surface area contributed by atoms with Gasteiger partial charge in [-0.15, -0.1) is 0 Å². The summed E-state index contributed by atoms with van der Waals surface area (Å²) < 4.78 is 13.3. The summed E-state index contributed by atoms with van der Waals surface area (Å²) in [5, 5.41) is 12.5. The third kappa shape index (κ3) is 6.89. The lowest BCUT2D eigenvalue weighted by Gasteiger charge is -2.44. The summed E-state index contributed by atoms with van der Waals surface area (Å²) in [6.45, 7) is 6.42. The molecule has 10 nitrogen and oxygen atoms in total. The first-order valence-corrected chi connectivity index (χ1v) is 14.6. The number of hydrogen-bond acceptors (Lipinski definition) is 9. The van der Waals surface area contributed by atoms with Crippen LogP contribution in [0.1, 0.15) is 46.4 Å². The van der Waals surface area contributed by atoms with Gasteiger partial charge in [-0.25, -0.2) is 9.97 Å². The molecule has 2 saturated heterocycles. The molecule has 6 rings (SSSR count). The van der Waals surface area contributed by atoms with E-state index in [2.05, 4.69) is 37.0 Å². The average Bonchev–Trinajstić information content (AvgIpc) is 3.07. The molecule has 222 valence electrons. The predicted octanol–water partition coefficient (Wildman–Crippen LogP) is 4.23. The van der Waals surface area contributed by atoms with Gasteiger partial charge in [-0.05, 0) is 41.5 Å². The fourth-order valence-corrected chi connectivity index (χ4v) is 5.59. The third-order valence-corrected chi connectivity index (χ3v) is 8.13. The lowest BCUT2D eigenvalue weighted by atomic mass is 9.90. The Morgan fingerprint density at radius 2 is 1.63 bits per heavy atom. The van der Waals surface area contributed by atoms with E-state index >= 15 is 0 Å². The van der Waals surface area contributed by atoms with Crippen LogP contribution in [0.25, 0.3) is 0 Å². The fourth-order valence-electron chi connectivity index (χ4n) is 5.59. The maximum Gasteiger partial charge on any atom is 0.257 e. The molecule has 0 unspecified atom stereocenters. The minimum atomic E-state index is -0.578. The van der Waals surface area contributed by atoms with Gasteiger partial charge >= 0.3 is 0 Å². The summed E-state index contributed by atoms with van der Waals surface area (Å²) in [4.78, 5) is 30.1. The van der Waals surface area contributed by atoms with Crippen molar-refractivity contribution in [2.75, 3.05) is 42.9 Å². The van der Waals surface area contributed by atoms with Gasteiger partial charge in [-0.1, -0.05) is 43.3 Å². The zero-order chi connectivity index (χ0) is 29.6. The number of aliphatic hydroxyl groups excluding tert-OH is 1. The molecule has 0 aliphatic carbocycles. The van der Waals surface area contributed by atoms with Crippen LogP contribution < -0.4 is 10.2 Å². The number of aliphatic hydroxyl groups is 1. The number of aromatic nitrogens is 3. The molecule has 43 heavy (non-hydrogen) atoms. The van der Waals surface area contributed by atoms with Crippen molar-refractivity contribution in [3.63, 3.8) is 0 Å². The molecule has 0 radical (unpaired) electrons. The zero-order valence-electron chi connectivity index (χ0n) is 24.1. The number of benzene rings is 2. The number of anilines is 2. The molecule has 2 aliphatic rings. The van der Waals surface area contributed by atoms with E-state index in [1.54, 1.807) is 30.7 Å². The fraction of sp³-hybridized carbons (Fsp3) is 0.333. The molecule has 1 amide bonds. The van der Waals surface area contributed by atoms with Crippen molar-refractivity contribution in [3.8, 4) is 0 Å². The van der Waals surface area contributed by atoms with Crippen molar-refractivity contribution in [2.24, 2.45) is 5.92 Å². The summed E-state index contributed by atoms with van der Waals surface area (Å²) in [5.74, 6) is 0.638. The largest absolute Gasteiger partial charge is 0.392 e. The Hall–Kier alpha value is -4.22. The molecule has 2 aromatic heterocycles. The van der Waals surface area contributed by atoms with Crippen LogP contribution in [0.3, 0.4) is 0 Å². The second-order valence-corrected chi connectivity index (χ2v) is 11.0. The second-order valence-electron chi connectivity index (χ2n) is 11.0. The molecule has 2 N–H and O–H groups in total. The number of pyridine rings is 1. The Morgan fingerprint density at radius 1 is 0.907 bits per heavy atom. The number of nitrogens with one attached hydrogen (secondary N) is 1. The smallest absolute Gasteiger partial charge is 0.257 e. The van der Waals surface area contributed by atoms with E-state index in [4.69, 9.17) is 9.47 Å². The number of ether oxygens (including phenoxy) is 2. The highest BCUT2D eigenvalue weighted by molar-refractivity contribution is 6.04. The first-order chi connectivity index (χ1) is 21.1. The second kappa shape index (κ2) is 13.4. The Balaban J connectivity index is 1.17. The number of piperazine rings is 1. The van der Waals surface area contributed by atoms with Gasteiger partial charge in [0.15, 0.2) is 6.29 Å². The molecule has 0 bridgehead atoms. The van der Waals surface area contributed by atoms with Crippen molar-refractivity contribution in [1.29, 1.82) is 0 Å². The summed E-state index contributed by atoms with van der Waals surface area (Å²) in [7, 11) is 0. The van der Waals surface area contributed by atoms with Crippen LogP contribution in [-0.2, 0) is 16.1 Å². The molecule has 4 heterocycles. The molecule has 4 aromatic rings. The summed E-state index contributed by atoms with van der Waals surface area (Å²) >= 11 is 0. The van der Waals surface area contributed by atoms with Gasteiger partial charge in [-0.3, -0.25) is 14.7 Å². The van der Waals surface area contributed by atoms with E-state index in [0.717, 1.165) is 55.4 Å². The molecule has 10 heteroatoms. The summed E-state index contributed by atoms with van der Waals surface area (Å²) in [6.07, 6.45) is 5.88. The minimum Gasteiger partial charge on any atom is -0.392 e. The van der Waals surface area contributed by atoms with Gasteiger partial charge in [0.1, 0.15) is 0 Å². The predicted molar refractivity (Wildman–Crippen MR) is 162 cm³/mol. The normalized spacial score (nSPS) is 22.7. The Labute approximate surface area is 251 Å². The molecule has 2 fully saturated rings. The summed E-state index contributed by atoms with van der Waals surface area (Å²) in [5.41, 5.74) is 3.96. The minimum absolute atomic E-state index is 0.000606. The van der Waals surface area contributed by atoms with Gasteiger partial charge in [0.2, 0.25) is 5.95 Å². The number of rotatable bonds is 8. The number of nitrogens with zero attached hydrogens (tertiary/aromatic N) is 5. The van der Waals surface area contributed by atoms with Gasteiger partial charge in [0, 0.05) is 74.7 Å². The van der Waals surface area contributed by atoms with E-state index < -0.39 is 6.29 Å². The first kappa shape index (κ1) is 28.9. The van der Waals surface area contributed by atoms with Crippen LogP contribution in [0.5, 0.6) is 0 Å². The summed E-state index contributed by atoms with van der Waals surface area (Å²) in [6, 6.07) is 20.8. The highest BCUT2D eigenvalue weighted by Crippen LogP contribution is 2.42. The van der Waals surface area contributed by atoms with Crippen LogP contribution in [0.2, 0.25) is 0 Å². The van der Waals surface area contributed by atoms with E-state index in [1.807, 2.05) is 54.6 Å². The van der Waals surface area contributed by atoms with Crippen LogP contribution >= 0.6 is 0 Å². The van der Waals surface area contributed by atoms with Crippen molar-refractivity contribution in [3.05, 3.63) is 114 Å². The third-order valence-electron chi connectivity index (χ3n) is 8.13. The van der Waals surface area contributed by atoms with Crippen LogP contribution in [0.4, 0.5) is 11.6 Å². The van der Waals surface area contributed by atoms with Crippen molar-refractivity contribution < 1.29 is 19.4 Å². The van der Waals surface area contributed by atoms with Crippen molar-refractivity contribution in [1.82, 2.24) is 19.9 Å². The van der Waals surface area contributed by atoms with Gasteiger partial charge in [0.05, 0.1) is 24.4 Å². The van der Waals surface area contributed by atoms with Crippen molar-refractivity contribution >= 4 is 17.5 Å². The van der Waals surface area contributed by atoms with Crippen LogP contribution in [-0.4, -0.2) is 69.7 Å². The topological polar surface area (TPSA) is 113 Å². The molecular weight excluding hydrogens is 544 g/mol. The van der Waals surface area contributed by atoms with E-state index in [-0.39, 0.29) is 30.6 Å². The first-order valence-electron chi connectivity index (χ1n) is 14.6. The maximum atomic E-state index is 12.6. The standard InChI is InChI=1S/C33H36N6O4/c1-23-29(21-38-16-18-39(19-17-38)33-35-14-3-15-36-33)42-32(43-30(23)25-7-5-24(22-40)6-8-25)26-9-11-28(12-10-26)37-31(41)27-4-2-13-34-20-27/h2-15,20,23,29-30,32,40H,16-19,21-22H2,1H3,(H,37,41)/t23-,29+,30+,32+/m0/s1. The van der Waals surface area contributed by atoms with Crippen LogP contribution in [0, 0.1) is 5.92 Å². The molecule has 4 atom stereocenters. The lowest BCUT2D eigenvalue weighted by molar-refractivity contribution is -0.276. The average molecular weight is 581 g/mol. The van der Waals surface area contributed by atoms with Crippen molar-refractivity contribution in [2.45, 2.75) is 32.0 Å². The quantitative estimate of drug-likeness (QED) is 0.316. The monoisotopic (exact) mass is 580 g/mol. The highest BCUT2D eigenvalue weighted by Gasteiger charge is 2.39. The molecular formula is C33H36N6O4.